The molecule has 0 saturated carbocycles. The van der Waals surface area contributed by atoms with Crippen LogP contribution in [0.1, 0.15) is 12.5 Å². The SMILES string of the molecule is C/C=C/C=C/C(=O)N(C)c1cccc(C)c1. The number of likely N-dealkylation sites (N-methyl/N-ethyl adjacent to an activating group) is 1. The lowest BCUT2D eigenvalue weighted by Crippen LogP contribution is -2.23. The van der Waals surface area contributed by atoms with E-state index in [0.29, 0.717) is 0 Å². The number of hydrogen-bond acceptors (Lipinski definition) is 1. The molecular formula is C14H17NO. The zero-order valence-electron chi connectivity index (χ0n) is 9.97. The second kappa shape index (κ2) is 5.91. The number of allylic oxidation sites excluding steroid dienone is 3. The van der Waals surface area contributed by atoms with Gasteiger partial charge >= 0.3 is 0 Å². The topological polar surface area (TPSA) is 20.3 Å². The van der Waals surface area contributed by atoms with Gasteiger partial charge in [0.1, 0.15) is 0 Å². The molecule has 16 heavy (non-hydrogen) atoms. The van der Waals surface area contributed by atoms with Crippen LogP contribution >= 0.6 is 0 Å². The molecule has 0 aromatic heterocycles. The Morgan fingerprint density at radius 3 is 2.69 bits per heavy atom. The molecule has 1 amide bonds. The van der Waals surface area contributed by atoms with E-state index in [1.54, 1.807) is 24.1 Å². The number of carbonyl (C=O) groups is 1. The highest BCUT2D eigenvalue weighted by Gasteiger charge is 2.06. The van der Waals surface area contributed by atoms with Gasteiger partial charge in [-0.2, -0.15) is 0 Å². The number of benzene rings is 1. The number of nitrogens with zero attached hydrogens (tertiary/aromatic N) is 1. The molecule has 0 unspecified atom stereocenters. The van der Waals surface area contributed by atoms with Crippen LogP contribution in [0.25, 0.3) is 0 Å². The molecule has 0 heterocycles. The molecule has 2 heteroatoms. The highest BCUT2D eigenvalue weighted by molar-refractivity contribution is 6.01. The largest absolute Gasteiger partial charge is 0.312 e. The summed E-state index contributed by atoms with van der Waals surface area (Å²) in [5.74, 6) is -0.0244. The van der Waals surface area contributed by atoms with Crippen molar-refractivity contribution in [3.05, 3.63) is 54.1 Å². The average Bonchev–Trinajstić information content (AvgIpc) is 2.28. The van der Waals surface area contributed by atoms with Crippen molar-refractivity contribution < 1.29 is 4.79 Å². The van der Waals surface area contributed by atoms with Gasteiger partial charge in [-0.15, -0.1) is 0 Å². The fourth-order valence-corrected chi connectivity index (χ4v) is 1.32. The van der Waals surface area contributed by atoms with Gasteiger partial charge in [0.2, 0.25) is 0 Å². The van der Waals surface area contributed by atoms with E-state index in [4.69, 9.17) is 0 Å². The molecule has 2 nitrogen and oxygen atoms in total. The van der Waals surface area contributed by atoms with Gasteiger partial charge in [0.05, 0.1) is 0 Å². The summed E-state index contributed by atoms with van der Waals surface area (Å²) in [4.78, 5) is 13.4. The summed E-state index contributed by atoms with van der Waals surface area (Å²) in [6.45, 7) is 3.93. The van der Waals surface area contributed by atoms with Crippen LogP contribution in [0.2, 0.25) is 0 Å². The van der Waals surface area contributed by atoms with E-state index in [-0.39, 0.29) is 5.91 Å². The summed E-state index contributed by atoms with van der Waals surface area (Å²) < 4.78 is 0. The van der Waals surface area contributed by atoms with Crippen molar-refractivity contribution in [2.24, 2.45) is 0 Å². The molecule has 0 spiro atoms. The van der Waals surface area contributed by atoms with Crippen LogP contribution in [0.3, 0.4) is 0 Å². The average molecular weight is 215 g/mol. The van der Waals surface area contributed by atoms with E-state index in [0.717, 1.165) is 11.3 Å². The van der Waals surface area contributed by atoms with Crippen molar-refractivity contribution >= 4 is 11.6 Å². The minimum absolute atomic E-state index is 0.0244. The molecule has 0 aliphatic heterocycles. The fraction of sp³-hybridized carbons (Fsp3) is 0.214. The van der Waals surface area contributed by atoms with Gasteiger partial charge < -0.3 is 4.90 Å². The van der Waals surface area contributed by atoms with E-state index in [2.05, 4.69) is 0 Å². The van der Waals surface area contributed by atoms with Gasteiger partial charge in [-0.1, -0.05) is 30.4 Å². The maximum absolute atomic E-state index is 11.7. The molecule has 0 aliphatic rings. The first-order valence-electron chi connectivity index (χ1n) is 5.29. The number of anilines is 1. The fourth-order valence-electron chi connectivity index (χ4n) is 1.32. The molecule has 1 aromatic rings. The molecular weight excluding hydrogens is 198 g/mol. The Hall–Kier alpha value is -1.83. The van der Waals surface area contributed by atoms with E-state index in [1.165, 1.54) is 0 Å². The third-order valence-corrected chi connectivity index (χ3v) is 2.26. The maximum atomic E-state index is 11.7. The van der Waals surface area contributed by atoms with Crippen LogP contribution in [0.15, 0.2) is 48.6 Å². The number of aryl methyl sites for hydroxylation is 1. The predicted octanol–water partition coefficient (Wildman–Crippen LogP) is 3.09. The second-order valence-electron chi connectivity index (χ2n) is 3.62. The van der Waals surface area contributed by atoms with Crippen LogP contribution < -0.4 is 4.90 Å². The molecule has 0 saturated heterocycles. The quantitative estimate of drug-likeness (QED) is 0.560. The van der Waals surface area contributed by atoms with Gasteiger partial charge in [-0.25, -0.2) is 0 Å². The molecule has 0 aliphatic carbocycles. The van der Waals surface area contributed by atoms with E-state index >= 15 is 0 Å². The number of carbonyl (C=O) groups excluding carboxylic acids is 1. The van der Waals surface area contributed by atoms with Crippen molar-refractivity contribution in [2.45, 2.75) is 13.8 Å². The van der Waals surface area contributed by atoms with Crippen molar-refractivity contribution in [2.75, 3.05) is 11.9 Å². The van der Waals surface area contributed by atoms with E-state index in [1.807, 2.05) is 50.3 Å². The lowest BCUT2D eigenvalue weighted by molar-refractivity contribution is -0.113. The zero-order valence-corrected chi connectivity index (χ0v) is 9.97. The lowest BCUT2D eigenvalue weighted by Gasteiger charge is -2.15. The molecule has 0 bridgehead atoms. The number of hydrogen-bond donors (Lipinski definition) is 0. The normalized spacial score (nSPS) is 11.2. The van der Waals surface area contributed by atoms with Gasteiger partial charge in [0.15, 0.2) is 0 Å². The Morgan fingerprint density at radius 1 is 1.31 bits per heavy atom. The van der Waals surface area contributed by atoms with Crippen LogP contribution in [0, 0.1) is 6.92 Å². The Balaban J connectivity index is 2.78. The standard InChI is InChI=1S/C14H17NO/c1-4-5-6-10-14(16)15(3)13-9-7-8-12(2)11-13/h4-11H,1-3H3/b5-4+,10-6+. The zero-order chi connectivity index (χ0) is 12.0. The summed E-state index contributed by atoms with van der Waals surface area (Å²) in [6.07, 6.45) is 7.02. The summed E-state index contributed by atoms with van der Waals surface area (Å²) in [7, 11) is 1.77. The van der Waals surface area contributed by atoms with Gasteiger partial charge in [-0.3, -0.25) is 4.79 Å². The summed E-state index contributed by atoms with van der Waals surface area (Å²) >= 11 is 0. The molecule has 84 valence electrons. The smallest absolute Gasteiger partial charge is 0.250 e. The predicted molar refractivity (Wildman–Crippen MR) is 68.5 cm³/mol. The first kappa shape index (κ1) is 12.2. The Bertz CT molecular complexity index is 418. The van der Waals surface area contributed by atoms with Crippen molar-refractivity contribution in [1.82, 2.24) is 0 Å². The first-order chi connectivity index (χ1) is 7.65. The summed E-state index contributed by atoms with van der Waals surface area (Å²) in [5.41, 5.74) is 2.06. The lowest BCUT2D eigenvalue weighted by atomic mass is 10.2. The molecule has 1 aromatic carbocycles. The van der Waals surface area contributed by atoms with Gasteiger partial charge in [0.25, 0.3) is 5.91 Å². The summed E-state index contributed by atoms with van der Waals surface area (Å²) in [5, 5.41) is 0. The van der Waals surface area contributed by atoms with Crippen LogP contribution in [0.4, 0.5) is 5.69 Å². The van der Waals surface area contributed by atoms with Crippen LogP contribution in [-0.4, -0.2) is 13.0 Å². The minimum Gasteiger partial charge on any atom is -0.312 e. The summed E-state index contributed by atoms with van der Waals surface area (Å²) in [6, 6.07) is 7.87. The molecule has 0 atom stereocenters. The van der Waals surface area contributed by atoms with Crippen molar-refractivity contribution in [1.29, 1.82) is 0 Å². The van der Waals surface area contributed by atoms with E-state index < -0.39 is 0 Å². The molecule has 1 rings (SSSR count). The Kier molecular flexibility index (Phi) is 4.52. The molecule has 0 radical (unpaired) electrons. The molecule has 0 N–H and O–H groups in total. The third kappa shape index (κ3) is 3.39. The number of amides is 1. The monoisotopic (exact) mass is 215 g/mol. The second-order valence-corrected chi connectivity index (χ2v) is 3.62. The highest BCUT2D eigenvalue weighted by atomic mass is 16.2. The highest BCUT2D eigenvalue weighted by Crippen LogP contribution is 2.14. The van der Waals surface area contributed by atoms with Gasteiger partial charge in [0, 0.05) is 18.8 Å². The number of rotatable bonds is 3. The van der Waals surface area contributed by atoms with Gasteiger partial charge in [-0.05, 0) is 31.5 Å². The van der Waals surface area contributed by atoms with E-state index in [9.17, 15) is 4.79 Å². The van der Waals surface area contributed by atoms with Crippen LogP contribution in [-0.2, 0) is 4.79 Å². The minimum atomic E-state index is -0.0244. The Labute approximate surface area is 96.9 Å². The molecule has 0 fully saturated rings. The third-order valence-electron chi connectivity index (χ3n) is 2.26. The maximum Gasteiger partial charge on any atom is 0.250 e. The van der Waals surface area contributed by atoms with Crippen molar-refractivity contribution in [3.63, 3.8) is 0 Å². The first-order valence-corrected chi connectivity index (χ1v) is 5.29. The Morgan fingerprint density at radius 2 is 2.06 bits per heavy atom. The van der Waals surface area contributed by atoms with Crippen molar-refractivity contribution in [3.8, 4) is 0 Å². The van der Waals surface area contributed by atoms with Crippen LogP contribution in [0.5, 0.6) is 0 Å².